The fourth-order valence-electron chi connectivity index (χ4n) is 4.21. The highest BCUT2D eigenvalue weighted by Gasteiger charge is 2.20. The third kappa shape index (κ3) is 43.5. The summed E-state index contributed by atoms with van der Waals surface area (Å²) in [4.78, 5) is 0. The maximum absolute atomic E-state index is 8.99. The molecule has 0 saturated carbocycles. The van der Waals surface area contributed by atoms with Crippen molar-refractivity contribution in [2.24, 2.45) is 23.2 Å². The lowest BCUT2D eigenvalue weighted by molar-refractivity contribution is 0.0200. The van der Waals surface area contributed by atoms with Gasteiger partial charge >= 0.3 is 0 Å². The number of hydrogen-bond donors (Lipinski definition) is 6. The Morgan fingerprint density at radius 3 is 0.766 bits per heavy atom. The van der Waals surface area contributed by atoms with E-state index in [4.69, 9.17) is 67.3 Å². The predicted molar refractivity (Wildman–Crippen MR) is 217 cm³/mol. The van der Waals surface area contributed by atoms with E-state index in [1.807, 2.05) is 20.8 Å². The lowest BCUT2D eigenvalue weighted by Crippen LogP contribution is -2.29. The molecule has 0 bridgehead atoms. The van der Waals surface area contributed by atoms with Gasteiger partial charge in [0.25, 0.3) is 0 Å². The molecule has 0 aliphatic heterocycles. The number of rotatable bonds is 27. The van der Waals surface area contributed by atoms with Crippen molar-refractivity contribution in [3.8, 4) is 0 Å². The summed E-state index contributed by atoms with van der Waals surface area (Å²) < 4.78 is 0. The van der Waals surface area contributed by atoms with Crippen LogP contribution in [0.2, 0.25) is 0 Å². The molecule has 0 aromatic carbocycles. The van der Waals surface area contributed by atoms with E-state index in [9.17, 15) is 0 Å². The highest BCUT2D eigenvalue weighted by Crippen LogP contribution is 2.15. The minimum atomic E-state index is -0.708. The minimum absolute atomic E-state index is 0.175. The summed E-state index contributed by atoms with van der Waals surface area (Å²) in [6, 6.07) is 0. The van der Waals surface area contributed by atoms with Crippen LogP contribution in [0.5, 0.6) is 0 Å². The smallest absolute Gasteiger partial charge is 0.159 e. The number of hydrogen-bond acceptors (Lipinski definition) is 6. The van der Waals surface area contributed by atoms with Crippen molar-refractivity contribution in [2.75, 3.05) is 19.8 Å². The number of unbranched alkanes of at least 4 members (excludes halogenated alkanes) is 15. The summed E-state index contributed by atoms with van der Waals surface area (Å²) >= 11 is 14.1. The third-order valence-corrected chi connectivity index (χ3v) is 9.59. The summed E-state index contributed by atoms with van der Waals surface area (Å²) in [5, 5.41) is 52.9. The second-order valence-corrected chi connectivity index (χ2v) is 14.9. The molecule has 0 aliphatic carbocycles. The van der Waals surface area contributed by atoms with E-state index in [0.29, 0.717) is 0 Å². The summed E-state index contributed by atoms with van der Waals surface area (Å²) in [5.41, 5.74) is -0.708. The van der Waals surface area contributed by atoms with Crippen molar-refractivity contribution in [1.29, 1.82) is 0 Å². The average molecular weight is 727 g/mol. The van der Waals surface area contributed by atoms with Gasteiger partial charge in [0.15, 0.2) is 15.2 Å². The molecule has 0 saturated heterocycles. The van der Waals surface area contributed by atoms with E-state index < -0.39 is 5.41 Å². The van der Waals surface area contributed by atoms with Crippen LogP contribution in [0.4, 0.5) is 0 Å². The Balaban J connectivity index is -0.000000266. The van der Waals surface area contributed by atoms with Crippen LogP contribution in [0.25, 0.3) is 0 Å². The Hall–Kier alpha value is -0.450. The summed E-state index contributed by atoms with van der Waals surface area (Å²) in [6.45, 7) is 13.7. The van der Waals surface area contributed by atoms with Crippen molar-refractivity contribution in [3.63, 3.8) is 0 Å². The molecule has 47 heavy (non-hydrogen) atoms. The Bertz CT molecular complexity index is 604. The molecule has 6 nitrogen and oxygen atoms in total. The van der Waals surface area contributed by atoms with Crippen LogP contribution in [-0.4, -0.2) is 65.6 Å². The van der Waals surface area contributed by atoms with Crippen LogP contribution in [0.15, 0.2) is 0 Å². The SMILES string of the molecule is CC(CO)(CO)CO.CCCCCCCCC(C)C(O)=S.CCCCCCCCC(C)C(O)=S.CCCCCCCCC(C)C(O)=S. The van der Waals surface area contributed by atoms with Gasteiger partial charge in [-0.2, -0.15) is 0 Å². The van der Waals surface area contributed by atoms with Gasteiger partial charge in [0.2, 0.25) is 0 Å². The van der Waals surface area contributed by atoms with E-state index in [-0.39, 0.29) is 52.7 Å². The second kappa shape index (κ2) is 40.0. The quantitative estimate of drug-likeness (QED) is 0.0363. The van der Waals surface area contributed by atoms with Gasteiger partial charge in [-0.15, -0.1) is 0 Å². The molecule has 0 amide bonds. The fraction of sp³-hybridized carbons (Fsp3) is 0.921. The first-order chi connectivity index (χ1) is 22.2. The molecule has 0 fully saturated rings. The highest BCUT2D eigenvalue weighted by molar-refractivity contribution is 7.80. The second-order valence-electron chi connectivity index (χ2n) is 13.7. The van der Waals surface area contributed by atoms with Crippen LogP contribution in [0.1, 0.15) is 183 Å². The Morgan fingerprint density at radius 1 is 0.426 bits per heavy atom. The molecule has 6 N–H and O–H groups in total. The fourth-order valence-corrected chi connectivity index (χ4v) is 4.57. The van der Waals surface area contributed by atoms with E-state index in [1.54, 1.807) is 6.92 Å². The maximum Gasteiger partial charge on any atom is 0.159 e. The molecule has 0 aliphatic rings. The van der Waals surface area contributed by atoms with Crippen LogP contribution in [-0.2, 0) is 0 Å². The maximum atomic E-state index is 8.99. The highest BCUT2D eigenvalue weighted by atomic mass is 32.1. The molecule has 0 radical (unpaired) electrons. The van der Waals surface area contributed by atoms with E-state index >= 15 is 0 Å². The van der Waals surface area contributed by atoms with Gasteiger partial charge in [0.05, 0.1) is 19.8 Å². The minimum Gasteiger partial charge on any atom is -0.502 e. The third-order valence-electron chi connectivity index (χ3n) is 8.38. The van der Waals surface area contributed by atoms with Gasteiger partial charge in [0.1, 0.15) is 0 Å². The van der Waals surface area contributed by atoms with Gasteiger partial charge in [-0.1, -0.05) is 164 Å². The molecule has 3 atom stereocenters. The average Bonchev–Trinajstić information content (AvgIpc) is 3.05. The number of thiocarbonyl (C=S) groups is 3. The zero-order valence-electron chi connectivity index (χ0n) is 31.6. The monoisotopic (exact) mass is 726 g/mol. The van der Waals surface area contributed by atoms with Crippen molar-refractivity contribution in [3.05, 3.63) is 0 Å². The summed E-state index contributed by atoms with van der Waals surface area (Å²) in [5.74, 6) is 0.628. The van der Waals surface area contributed by atoms with Crippen molar-refractivity contribution in [1.82, 2.24) is 0 Å². The van der Waals surface area contributed by atoms with E-state index in [1.165, 1.54) is 116 Å². The van der Waals surface area contributed by atoms with E-state index in [2.05, 4.69) is 20.8 Å². The summed E-state index contributed by atoms with van der Waals surface area (Å²) in [7, 11) is 0. The number of aliphatic hydroxyl groups excluding tert-OH is 6. The van der Waals surface area contributed by atoms with E-state index in [0.717, 1.165) is 19.3 Å². The normalized spacial score (nSPS) is 12.6. The molecular formula is C38H78O6S3. The molecule has 9 heteroatoms. The van der Waals surface area contributed by atoms with Gasteiger partial charge in [0, 0.05) is 23.2 Å². The molecule has 0 spiro atoms. The van der Waals surface area contributed by atoms with Gasteiger partial charge in [-0.05, 0) is 55.9 Å². The van der Waals surface area contributed by atoms with Gasteiger partial charge < -0.3 is 30.6 Å². The van der Waals surface area contributed by atoms with Crippen LogP contribution < -0.4 is 0 Å². The molecular weight excluding hydrogens is 649 g/mol. The molecule has 0 aromatic heterocycles. The first kappa shape index (κ1) is 53.3. The summed E-state index contributed by atoms with van der Waals surface area (Å²) in [6.07, 6.45) is 26.6. The van der Waals surface area contributed by atoms with Crippen molar-refractivity contribution < 1.29 is 30.6 Å². The molecule has 0 heterocycles. The molecule has 0 rings (SSSR count). The first-order valence-electron chi connectivity index (χ1n) is 18.7. The molecule has 3 unspecified atom stereocenters. The Kier molecular flexibility index (Phi) is 45.4. The molecule has 284 valence electrons. The van der Waals surface area contributed by atoms with Crippen LogP contribution in [0.3, 0.4) is 0 Å². The van der Waals surface area contributed by atoms with Gasteiger partial charge in [-0.3, -0.25) is 0 Å². The lowest BCUT2D eigenvalue weighted by atomic mass is 9.95. The Morgan fingerprint density at radius 2 is 0.617 bits per heavy atom. The van der Waals surface area contributed by atoms with Crippen molar-refractivity contribution in [2.45, 2.75) is 183 Å². The zero-order valence-corrected chi connectivity index (χ0v) is 34.1. The first-order valence-corrected chi connectivity index (χ1v) is 20.0. The Labute approximate surface area is 307 Å². The predicted octanol–water partition coefficient (Wildman–Crippen LogP) is 11.7. The van der Waals surface area contributed by atoms with Crippen molar-refractivity contribution >= 4 is 51.8 Å². The molecule has 0 aromatic rings. The number of aliphatic hydroxyl groups is 6. The largest absolute Gasteiger partial charge is 0.502 e. The lowest BCUT2D eigenvalue weighted by Gasteiger charge is -2.20. The zero-order chi connectivity index (χ0) is 36.9. The van der Waals surface area contributed by atoms with Crippen LogP contribution in [0, 0.1) is 23.2 Å². The van der Waals surface area contributed by atoms with Gasteiger partial charge in [-0.25, -0.2) is 0 Å². The standard InChI is InChI=1S/3C11H22OS.C5H12O3/c3*1-3-4-5-6-7-8-9-10(2)11(12)13;1-5(2-6,3-7)4-8/h3*10H,3-9H2,1-2H3,(H,12,13);6-8H,2-4H2,1H3. The topological polar surface area (TPSA) is 121 Å². The van der Waals surface area contributed by atoms with Crippen LogP contribution >= 0.6 is 36.7 Å².